The maximum absolute atomic E-state index is 8.21. The van der Waals surface area contributed by atoms with Crippen LogP contribution in [0.15, 0.2) is 36.6 Å². The minimum absolute atomic E-state index is 0.795. The fourth-order valence-electron chi connectivity index (χ4n) is 0.477. The minimum Gasteiger partial charge on any atom is -0.317 e. The van der Waals surface area contributed by atoms with Gasteiger partial charge in [0.1, 0.15) is 0 Å². The third-order valence-corrected chi connectivity index (χ3v) is 1.27. The van der Waals surface area contributed by atoms with E-state index in [9.17, 15) is 0 Å². The number of thiocyanates is 1. The zero-order valence-corrected chi connectivity index (χ0v) is 7.24. The van der Waals surface area contributed by atoms with Crippen LogP contribution in [0.4, 0.5) is 0 Å². The van der Waals surface area contributed by atoms with Gasteiger partial charge in [0.2, 0.25) is 0 Å². The SMILES string of the molecule is C=C/C(=C\C(=C)C)NSC#N. The first-order chi connectivity index (χ1) is 5.20. The highest BCUT2D eigenvalue weighted by molar-refractivity contribution is 8.02. The molecule has 0 spiro atoms. The van der Waals surface area contributed by atoms with E-state index in [0.29, 0.717) is 0 Å². The zero-order valence-electron chi connectivity index (χ0n) is 6.42. The summed E-state index contributed by atoms with van der Waals surface area (Å²) < 4.78 is 2.79. The lowest BCUT2D eigenvalue weighted by Gasteiger charge is -1.99. The van der Waals surface area contributed by atoms with Crippen molar-refractivity contribution in [2.45, 2.75) is 6.92 Å². The smallest absolute Gasteiger partial charge is 0.155 e. The second-order valence-electron chi connectivity index (χ2n) is 1.95. The van der Waals surface area contributed by atoms with Gasteiger partial charge in [-0.3, -0.25) is 0 Å². The molecule has 0 amide bonds. The number of hydrogen-bond acceptors (Lipinski definition) is 3. The molecular formula is C8H10N2S. The molecule has 0 unspecified atom stereocenters. The topological polar surface area (TPSA) is 35.8 Å². The van der Waals surface area contributed by atoms with Crippen molar-refractivity contribution in [3.63, 3.8) is 0 Å². The summed E-state index contributed by atoms with van der Waals surface area (Å²) in [6, 6.07) is 0. The van der Waals surface area contributed by atoms with Crippen molar-refractivity contribution in [1.82, 2.24) is 4.72 Å². The van der Waals surface area contributed by atoms with Crippen LogP contribution in [0.2, 0.25) is 0 Å². The quantitative estimate of drug-likeness (QED) is 0.395. The molecule has 0 aliphatic rings. The molecule has 2 nitrogen and oxygen atoms in total. The molecule has 0 rings (SSSR count). The monoisotopic (exact) mass is 166 g/mol. The van der Waals surface area contributed by atoms with Gasteiger partial charge in [-0.1, -0.05) is 18.7 Å². The average Bonchev–Trinajstić information content (AvgIpc) is 1.97. The average molecular weight is 166 g/mol. The van der Waals surface area contributed by atoms with Gasteiger partial charge in [0.15, 0.2) is 5.40 Å². The molecule has 11 heavy (non-hydrogen) atoms. The first-order valence-corrected chi connectivity index (χ1v) is 3.83. The van der Waals surface area contributed by atoms with Gasteiger partial charge in [-0.15, -0.1) is 0 Å². The summed E-state index contributed by atoms with van der Waals surface area (Å²) in [6.45, 7) is 9.14. The second-order valence-corrected chi connectivity index (χ2v) is 2.54. The molecule has 0 aliphatic heterocycles. The number of nitrogens with one attached hydrogen (secondary N) is 1. The lowest BCUT2D eigenvalue weighted by Crippen LogP contribution is -1.98. The summed E-state index contributed by atoms with van der Waals surface area (Å²) in [5.41, 5.74) is 1.72. The van der Waals surface area contributed by atoms with E-state index in [1.165, 1.54) is 0 Å². The van der Waals surface area contributed by atoms with E-state index in [1.54, 1.807) is 6.08 Å². The number of allylic oxidation sites excluding steroid dienone is 3. The molecule has 0 saturated heterocycles. The Kier molecular flexibility index (Phi) is 5.05. The number of rotatable bonds is 4. The van der Waals surface area contributed by atoms with Crippen LogP contribution in [0.3, 0.4) is 0 Å². The molecule has 0 radical (unpaired) electrons. The van der Waals surface area contributed by atoms with E-state index >= 15 is 0 Å². The Morgan fingerprint density at radius 2 is 2.36 bits per heavy atom. The van der Waals surface area contributed by atoms with Crippen LogP contribution in [0.1, 0.15) is 6.92 Å². The van der Waals surface area contributed by atoms with Gasteiger partial charge < -0.3 is 4.72 Å². The van der Waals surface area contributed by atoms with E-state index < -0.39 is 0 Å². The van der Waals surface area contributed by atoms with Crippen LogP contribution < -0.4 is 4.72 Å². The summed E-state index contributed by atoms with van der Waals surface area (Å²) in [6.07, 6.45) is 3.45. The van der Waals surface area contributed by atoms with Gasteiger partial charge in [0, 0.05) is 5.70 Å². The third-order valence-electron chi connectivity index (χ3n) is 0.836. The van der Waals surface area contributed by atoms with Crippen molar-refractivity contribution in [3.05, 3.63) is 36.6 Å². The van der Waals surface area contributed by atoms with E-state index in [0.717, 1.165) is 23.2 Å². The van der Waals surface area contributed by atoms with Crippen LogP contribution in [0, 0.1) is 10.7 Å². The molecule has 58 valence electrons. The third kappa shape index (κ3) is 5.31. The van der Waals surface area contributed by atoms with E-state index in [-0.39, 0.29) is 0 Å². The van der Waals surface area contributed by atoms with Crippen molar-refractivity contribution in [1.29, 1.82) is 5.26 Å². The van der Waals surface area contributed by atoms with Crippen LogP contribution in [0.25, 0.3) is 0 Å². The van der Waals surface area contributed by atoms with Crippen molar-refractivity contribution < 1.29 is 0 Å². The number of nitrogens with zero attached hydrogens (tertiary/aromatic N) is 1. The fraction of sp³-hybridized carbons (Fsp3) is 0.125. The molecule has 0 aliphatic carbocycles. The summed E-state index contributed by atoms with van der Waals surface area (Å²) in [4.78, 5) is 0. The maximum Gasteiger partial charge on any atom is 0.155 e. The summed E-state index contributed by atoms with van der Waals surface area (Å²) >= 11 is 0.958. The molecule has 0 saturated carbocycles. The van der Waals surface area contributed by atoms with Crippen LogP contribution in [-0.2, 0) is 0 Å². The highest BCUT2D eigenvalue weighted by atomic mass is 32.2. The van der Waals surface area contributed by atoms with Gasteiger partial charge in [-0.05, 0) is 19.1 Å². The Balaban J connectivity index is 4.07. The zero-order chi connectivity index (χ0) is 8.69. The lowest BCUT2D eigenvalue weighted by molar-refractivity contribution is 1.28. The van der Waals surface area contributed by atoms with Crippen molar-refractivity contribution >= 4 is 11.9 Å². The Morgan fingerprint density at radius 3 is 2.73 bits per heavy atom. The highest BCUT2D eigenvalue weighted by Crippen LogP contribution is 2.02. The van der Waals surface area contributed by atoms with Gasteiger partial charge >= 0.3 is 0 Å². The maximum atomic E-state index is 8.21. The molecule has 0 fully saturated rings. The van der Waals surface area contributed by atoms with Crippen molar-refractivity contribution in [3.8, 4) is 5.40 Å². The van der Waals surface area contributed by atoms with Gasteiger partial charge in [-0.25, -0.2) is 0 Å². The molecule has 3 heteroatoms. The molecule has 0 bridgehead atoms. The van der Waals surface area contributed by atoms with Crippen LogP contribution in [0.5, 0.6) is 0 Å². The molecule has 0 aromatic rings. The molecule has 0 aromatic carbocycles. The lowest BCUT2D eigenvalue weighted by atomic mass is 10.3. The van der Waals surface area contributed by atoms with Crippen molar-refractivity contribution in [2.24, 2.45) is 0 Å². The Labute approximate surface area is 71.4 Å². The highest BCUT2D eigenvalue weighted by Gasteiger charge is 1.88. The van der Waals surface area contributed by atoms with E-state index in [1.807, 2.05) is 18.4 Å². The van der Waals surface area contributed by atoms with E-state index in [4.69, 9.17) is 5.26 Å². The minimum atomic E-state index is 0.795. The van der Waals surface area contributed by atoms with Gasteiger partial charge in [-0.2, -0.15) is 5.26 Å². The Bertz CT molecular complexity index is 223. The standard InChI is InChI=1S/C8H10N2S/c1-4-8(5-7(2)3)10-11-6-9/h4-5,10H,1-2H2,3H3/b8-5+. The first kappa shape index (κ1) is 9.86. The molecule has 0 atom stereocenters. The van der Waals surface area contributed by atoms with E-state index in [2.05, 4.69) is 17.9 Å². The van der Waals surface area contributed by atoms with Gasteiger partial charge in [0.05, 0.1) is 11.9 Å². The predicted molar refractivity (Wildman–Crippen MR) is 49.4 cm³/mol. The van der Waals surface area contributed by atoms with Crippen LogP contribution >= 0.6 is 11.9 Å². The molecule has 0 aromatic heterocycles. The summed E-state index contributed by atoms with van der Waals surface area (Å²) in [5.74, 6) is 0. The van der Waals surface area contributed by atoms with Gasteiger partial charge in [0.25, 0.3) is 0 Å². The number of nitriles is 1. The van der Waals surface area contributed by atoms with Crippen molar-refractivity contribution in [2.75, 3.05) is 0 Å². The predicted octanol–water partition coefficient (Wildman–Crippen LogP) is 2.35. The summed E-state index contributed by atoms with van der Waals surface area (Å²) in [7, 11) is 0. The Morgan fingerprint density at radius 1 is 1.73 bits per heavy atom. The molecule has 1 N–H and O–H groups in total. The summed E-state index contributed by atoms with van der Waals surface area (Å²) in [5, 5.41) is 10.1. The largest absolute Gasteiger partial charge is 0.317 e. The fourth-order valence-corrected chi connectivity index (χ4v) is 0.783. The van der Waals surface area contributed by atoms with Crippen LogP contribution in [-0.4, -0.2) is 0 Å². The normalized spacial score (nSPS) is 10.0. The molecule has 0 heterocycles. The molecular weight excluding hydrogens is 156 g/mol. The Hall–Kier alpha value is -1.14. The second kappa shape index (κ2) is 5.63. The number of hydrogen-bond donors (Lipinski definition) is 1. The first-order valence-electron chi connectivity index (χ1n) is 3.01.